The molecule has 35 nitrogen and oxygen atoms in total. The van der Waals surface area contributed by atoms with Gasteiger partial charge in [0.15, 0.2) is 11.9 Å². The number of hydrogen-bond acceptors (Lipinski definition) is 18. The molecule has 0 aromatic carbocycles. The highest BCUT2D eigenvalue weighted by atomic mass is 32.2. The summed E-state index contributed by atoms with van der Waals surface area (Å²) in [5, 5.41) is 67.2. The minimum absolute atomic E-state index is 0.00703. The van der Waals surface area contributed by atoms with Crippen LogP contribution >= 0.6 is 11.8 Å². The third-order valence-corrected chi connectivity index (χ3v) is 11.6. The average molecular weight is 1180 g/mol. The predicted octanol–water partition coefficient (Wildman–Crippen LogP) is -7.39. The van der Waals surface area contributed by atoms with E-state index in [-0.39, 0.29) is 81.6 Å². The fourth-order valence-electron chi connectivity index (χ4n) is 6.87. The second-order valence-electron chi connectivity index (χ2n) is 18.3. The van der Waals surface area contributed by atoms with Crippen LogP contribution in [-0.2, 0) is 67.1 Å². The quantitative estimate of drug-likeness (QED) is 0.0153. The molecular formula is C45H76N16O19S. The molecule has 0 aromatic heterocycles. The van der Waals surface area contributed by atoms with Gasteiger partial charge in [-0.05, 0) is 69.3 Å². The second kappa shape index (κ2) is 38.9. The van der Waals surface area contributed by atoms with Gasteiger partial charge in [0.1, 0.15) is 42.3 Å². The molecule has 0 rings (SSSR count). The molecule has 0 bridgehead atoms. The lowest BCUT2D eigenvalue weighted by atomic mass is 10.0. The third-order valence-electron chi connectivity index (χ3n) is 10.9. The molecule has 0 saturated carbocycles. The molecule has 456 valence electrons. The number of carboxylic acids is 5. The highest BCUT2D eigenvalue weighted by molar-refractivity contribution is 7.98. The Bertz CT molecular complexity index is 2280. The molecular weight excluding hydrogens is 1100 g/mol. The summed E-state index contributed by atoms with van der Waals surface area (Å²) in [6.07, 6.45) is -3.26. The van der Waals surface area contributed by atoms with E-state index in [4.69, 9.17) is 33.8 Å². The van der Waals surface area contributed by atoms with Crippen LogP contribution in [0.5, 0.6) is 0 Å². The molecule has 0 heterocycles. The number of nitrogens with one attached hydrogen (secondary N) is 9. The minimum Gasteiger partial charge on any atom is -0.481 e. The van der Waals surface area contributed by atoms with Crippen LogP contribution in [0.2, 0.25) is 0 Å². The van der Waals surface area contributed by atoms with Gasteiger partial charge in [0.05, 0.1) is 32.0 Å². The standard InChI is InChI=1S/C45H76N16O19S/c1-21(2)16-29(43(79)80)61-41(77)27(17-34(68)69)55-31(63)20-53-30(62)19-54-37(73)23(6-4-13-51-44(47)48)57-42(78)28(18-35(70)71)60-39(75)25(9-11-33(66)67)58-40(76)26(12-15-81-3)59-38(74)24(7-5-14-52-45(49)50)56-36(72)22(46)8-10-32(64)65/h21-29H,4-20,46H2,1-3H3,(H,53,62)(H,54,73)(H,55,63)(H,56,72)(H,57,78)(H,58,76)(H,59,74)(H,60,75)(H,61,77)(H,64,65)(H,66,67)(H,68,69)(H,70,71)(H,79,80)(H4,47,48,51)(H4,49,50,52)/t22-,23-,24-,25-,26-,27-,28-,29-/m0/s1. The predicted molar refractivity (Wildman–Crippen MR) is 286 cm³/mol. The van der Waals surface area contributed by atoms with E-state index in [0.717, 1.165) is 0 Å². The Morgan fingerprint density at radius 1 is 0.444 bits per heavy atom. The second-order valence-corrected chi connectivity index (χ2v) is 19.3. The molecule has 0 fully saturated rings. The number of carbonyl (C=O) groups is 14. The molecule has 24 N–H and O–H groups in total. The van der Waals surface area contributed by atoms with E-state index in [1.807, 2.05) is 0 Å². The van der Waals surface area contributed by atoms with Crippen LogP contribution in [0.25, 0.3) is 0 Å². The molecule has 81 heavy (non-hydrogen) atoms. The van der Waals surface area contributed by atoms with E-state index in [9.17, 15) is 87.5 Å². The fraction of sp³-hybridized carbons (Fsp3) is 0.644. The van der Waals surface area contributed by atoms with Crippen molar-refractivity contribution in [1.82, 2.24) is 47.9 Å². The Kier molecular flexibility index (Phi) is 34.8. The Balaban J connectivity index is 6.50. The molecule has 0 radical (unpaired) electrons. The van der Waals surface area contributed by atoms with Crippen molar-refractivity contribution in [3.8, 4) is 0 Å². The number of amides is 9. The maximum atomic E-state index is 13.9. The van der Waals surface area contributed by atoms with E-state index >= 15 is 0 Å². The van der Waals surface area contributed by atoms with Crippen molar-refractivity contribution in [1.29, 1.82) is 0 Å². The summed E-state index contributed by atoms with van der Waals surface area (Å²) in [5.41, 5.74) is 27.3. The summed E-state index contributed by atoms with van der Waals surface area (Å²) in [4.78, 5) is 185. The molecule has 0 aliphatic carbocycles. The number of rotatable bonds is 42. The van der Waals surface area contributed by atoms with Gasteiger partial charge in [-0.15, -0.1) is 0 Å². The third kappa shape index (κ3) is 33.5. The zero-order chi connectivity index (χ0) is 61.9. The summed E-state index contributed by atoms with van der Waals surface area (Å²) in [6, 6.07) is -13.0. The largest absolute Gasteiger partial charge is 0.481 e. The first kappa shape index (κ1) is 72.4. The maximum Gasteiger partial charge on any atom is 0.326 e. The van der Waals surface area contributed by atoms with E-state index in [0.29, 0.717) is 0 Å². The molecule has 0 unspecified atom stereocenters. The van der Waals surface area contributed by atoms with Crippen molar-refractivity contribution in [2.24, 2.45) is 44.6 Å². The number of carboxylic acid groups (broad SMARTS) is 5. The zero-order valence-electron chi connectivity index (χ0n) is 44.9. The summed E-state index contributed by atoms with van der Waals surface area (Å²) in [6.45, 7) is 1.44. The molecule has 0 saturated heterocycles. The van der Waals surface area contributed by atoms with Crippen LogP contribution in [-0.4, -0.2) is 207 Å². The number of carbonyl (C=O) groups excluding carboxylic acids is 9. The number of aliphatic carboxylic acids is 5. The number of aliphatic imine (C=N–C) groups is 2. The minimum atomic E-state index is -2.05. The first-order valence-corrected chi connectivity index (χ1v) is 26.4. The van der Waals surface area contributed by atoms with E-state index in [1.165, 1.54) is 11.8 Å². The van der Waals surface area contributed by atoms with E-state index < -0.39 is 177 Å². The lowest BCUT2D eigenvalue weighted by Gasteiger charge is -2.27. The first-order chi connectivity index (χ1) is 37.9. The highest BCUT2D eigenvalue weighted by Gasteiger charge is 2.35. The smallest absolute Gasteiger partial charge is 0.326 e. The van der Waals surface area contributed by atoms with Crippen molar-refractivity contribution < 1.29 is 92.7 Å². The van der Waals surface area contributed by atoms with Crippen LogP contribution in [0.15, 0.2) is 9.98 Å². The van der Waals surface area contributed by atoms with Gasteiger partial charge in [-0.3, -0.25) is 72.3 Å². The lowest BCUT2D eigenvalue weighted by Crippen LogP contribution is -2.60. The highest BCUT2D eigenvalue weighted by Crippen LogP contribution is 2.10. The van der Waals surface area contributed by atoms with Gasteiger partial charge in [0.2, 0.25) is 53.2 Å². The Morgan fingerprint density at radius 3 is 1.26 bits per heavy atom. The first-order valence-electron chi connectivity index (χ1n) is 25.0. The summed E-state index contributed by atoms with van der Waals surface area (Å²) >= 11 is 1.23. The van der Waals surface area contributed by atoms with E-state index in [2.05, 4.69) is 57.8 Å². The van der Waals surface area contributed by atoms with Gasteiger partial charge in [-0.2, -0.15) is 11.8 Å². The van der Waals surface area contributed by atoms with Gasteiger partial charge < -0.3 is 102 Å². The van der Waals surface area contributed by atoms with Gasteiger partial charge in [-0.25, -0.2) is 4.79 Å². The molecule has 0 aliphatic rings. The average Bonchev–Trinajstić information content (AvgIpc) is 3.39. The number of nitrogens with two attached hydrogens (primary N) is 5. The maximum absolute atomic E-state index is 13.9. The molecule has 36 heteroatoms. The summed E-state index contributed by atoms with van der Waals surface area (Å²) < 4.78 is 0. The Morgan fingerprint density at radius 2 is 0.827 bits per heavy atom. The van der Waals surface area contributed by atoms with Crippen molar-refractivity contribution >= 4 is 107 Å². The van der Waals surface area contributed by atoms with Crippen LogP contribution in [0.1, 0.15) is 90.9 Å². The lowest BCUT2D eigenvalue weighted by molar-refractivity contribution is -0.144. The monoisotopic (exact) mass is 1180 g/mol. The number of guanidine groups is 2. The molecule has 8 atom stereocenters. The van der Waals surface area contributed by atoms with Crippen LogP contribution in [0.3, 0.4) is 0 Å². The molecule has 9 amide bonds. The molecule has 0 aromatic rings. The van der Waals surface area contributed by atoms with Crippen molar-refractivity contribution in [2.45, 2.75) is 139 Å². The molecule has 0 spiro atoms. The van der Waals surface area contributed by atoms with Crippen molar-refractivity contribution in [3.63, 3.8) is 0 Å². The fourth-order valence-corrected chi connectivity index (χ4v) is 7.35. The van der Waals surface area contributed by atoms with Crippen LogP contribution in [0.4, 0.5) is 0 Å². The van der Waals surface area contributed by atoms with Crippen LogP contribution < -0.4 is 76.5 Å². The van der Waals surface area contributed by atoms with Crippen LogP contribution in [0, 0.1) is 5.92 Å². The van der Waals surface area contributed by atoms with Crippen molar-refractivity contribution in [2.75, 3.05) is 38.2 Å². The van der Waals surface area contributed by atoms with Gasteiger partial charge in [0.25, 0.3) is 0 Å². The normalized spacial score (nSPS) is 13.7. The Hall–Kier alpha value is -8.57. The number of nitrogens with zero attached hydrogens (tertiary/aromatic N) is 2. The Labute approximate surface area is 468 Å². The van der Waals surface area contributed by atoms with E-state index in [1.54, 1.807) is 20.1 Å². The van der Waals surface area contributed by atoms with Gasteiger partial charge in [0, 0.05) is 25.9 Å². The number of thioether (sulfide) groups is 1. The molecule has 0 aliphatic heterocycles. The van der Waals surface area contributed by atoms with Gasteiger partial charge >= 0.3 is 29.8 Å². The SMILES string of the molecule is CSCC[C@H](NC(=O)[C@H](CCCN=C(N)N)NC(=O)[C@@H](N)CCC(=O)O)C(=O)N[C@@H](CCC(=O)O)C(=O)N[C@@H](CC(=O)O)C(=O)N[C@@H](CCCN=C(N)N)C(=O)NCC(=O)NCC(=O)N[C@@H](CC(=O)O)C(=O)N[C@@H](CC(C)C)C(=O)O. The number of hydrogen-bond donors (Lipinski definition) is 19. The topological polar surface area (TPSA) is 603 Å². The van der Waals surface area contributed by atoms with Crippen molar-refractivity contribution in [3.05, 3.63) is 0 Å². The van der Waals surface area contributed by atoms with Gasteiger partial charge in [-0.1, -0.05) is 13.8 Å². The zero-order valence-corrected chi connectivity index (χ0v) is 45.7. The summed E-state index contributed by atoms with van der Waals surface area (Å²) in [7, 11) is 0. The summed E-state index contributed by atoms with van der Waals surface area (Å²) in [5.74, 6) is -17.9.